The maximum atomic E-state index is 5.61. The molecule has 1 aromatic heterocycles. The lowest BCUT2D eigenvalue weighted by molar-refractivity contribution is 0.272. The third-order valence-electron chi connectivity index (χ3n) is 2.54. The zero-order valence-electron chi connectivity index (χ0n) is 11.3. The van der Waals surface area contributed by atoms with E-state index < -0.39 is 0 Å². The first-order valence-electron chi connectivity index (χ1n) is 6.02. The molecule has 1 rings (SSSR count). The molecule has 0 unspecified atom stereocenters. The van der Waals surface area contributed by atoms with Gasteiger partial charge in [-0.1, -0.05) is 6.07 Å². The Labute approximate surface area is 104 Å². The van der Waals surface area contributed by atoms with Crippen LogP contribution in [0.4, 0.5) is 0 Å². The van der Waals surface area contributed by atoms with Crippen molar-refractivity contribution in [2.24, 2.45) is 0 Å². The summed E-state index contributed by atoms with van der Waals surface area (Å²) in [5.74, 6) is 0.723. The monoisotopic (exact) mass is 237 g/mol. The van der Waals surface area contributed by atoms with Gasteiger partial charge in [-0.3, -0.25) is 0 Å². The average molecular weight is 237 g/mol. The van der Waals surface area contributed by atoms with Crippen LogP contribution in [0.15, 0.2) is 12.1 Å². The van der Waals surface area contributed by atoms with Crippen LogP contribution in [0.1, 0.15) is 17.7 Å². The van der Waals surface area contributed by atoms with Crippen molar-refractivity contribution in [3.8, 4) is 5.88 Å². The summed E-state index contributed by atoms with van der Waals surface area (Å²) in [6.07, 6.45) is 1.02. The molecular formula is C13H23N3O. The van der Waals surface area contributed by atoms with Crippen molar-refractivity contribution in [3.05, 3.63) is 23.4 Å². The predicted molar refractivity (Wildman–Crippen MR) is 70.4 cm³/mol. The van der Waals surface area contributed by atoms with E-state index in [1.165, 1.54) is 5.56 Å². The molecule has 0 spiro atoms. The fraction of sp³-hybridized carbons (Fsp3) is 0.615. The molecular weight excluding hydrogens is 214 g/mol. The Morgan fingerprint density at radius 1 is 1.35 bits per heavy atom. The Hall–Kier alpha value is -1.13. The van der Waals surface area contributed by atoms with Gasteiger partial charge in [0.05, 0.1) is 6.61 Å². The molecule has 0 fully saturated rings. The van der Waals surface area contributed by atoms with Crippen LogP contribution in [0.5, 0.6) is 5.88 Å². The van der Waals surface area contributed by atoms with Crippen LogP contribution in [0, 0.1) is 6.92 Å². The van der Waals surface area contributed by atoms with E-state index in [2.05, 4.69) is 35.4 Å². The van der Waals surface area contributed by atoms with Gasteiger partial charge in [-0.15, -0.1) is 0 Å². The summed E-state index contributed by atoms with van der Waals surface area (Å²) < 4.78 is 5.61. The zero-order valence-corrected chi connectivity index (χ0v) is 11.3. The minimum absolute atomic E-state index is 0.718. The molecule has 0 amide bonds. The van der Waals surface area contributed by atoms with Crippen LogP contribution < -0.4 is 10.1 Å². The Morgan fingerprint density at radius 3 is 2.71 bits per heavy atom. The van der Waals surface area contributed by atoms with Gasteiger partial charge in [-0.25, -0.2) is 4.98 Å². The van der Waals surface area contributed by atoms with Gasteiger partial charge in [0.15, 0.2) is 0 Å². The molecule has 1 aromatic rings. The maximum absolute atomic E-state index is 5.61. The lowest BCUT2D eigenvalue weighted by Crippen LogP contribution is -2.16. The average Bonchev–Trinajstić information content (AvgIpc) is 2.28. The van der Waals surface area contributed by atoms with Crippen LogP contribution >= 0.6 is 0 Å². The molecule has 0 radical (unpaired) electrons. The van der Waals surface area contributed by atoms with Crippen molar-refractivity contribution in [1.29, 1.82) is 0 Å². The largest absolute Gasteiger partial charge is 0.478 e. The summed E-state index contributed by atoms with van der Waals surface area (Å²) in [7, 11) is 6.06. The van der Waals surface area contributed by atoms with E-state index in [-0.39, 0.29) is 0 Å². The smallest absolute Gasteiger partial charge is 0.213 e. The summed E-state index contributed by atoms with van der Waals surface area (Å²) in [5, 5.41) is 3.12. The summed E-state index contributed by atoms with van der Waals surface area (Å²) in [6.45, 7) is 4.62. The second-order valence-electron chi connectivity index (χ2n) is 4.43. The van der Waals surface area contributed by atoms with E-state index in [4.69, 9.17) is 4.74 Å². The number of nitrogens with one attached hydrogen (secondary N) is 1. The van der Waals surface area contributed by atoms with Gasteiger partial charge in [-0.05, 0) is 40.1 Å². The first-order chi connectivity index (χ1) is 8.13. The molecule has 4 heteroatoms. The molecule has 96 valence electrons. The van der Waals surface area contributed by atoms with E-state index in [1.54, 1.807) is 0 Å². The number of nitrogens with zero attached hydrogens (tertiary/aromatic N) is 2. The van der Waals surface area contributed by atoms with E-state index in [0.717, 1.165) is 37.7 Å². The number of ether oxygens (including phenoxy) is 1. The van der Waals surface area contributed by atoms with Crippen molar-refractivity contribution >= 4 is 0 Å². The summed E-state index contributed by atoms with van der Waals surface area (Å²) >= 11 is 0. The summed E-state index contributed by atoms with van der Waals surface area (Å²) in [6, 6.07) is 4.01. The van der Waals surface area contributed by atoms with Gasteiger partial charge in [0.25, 0.3) is 0 Å². The molecule has 0 atom stereocenters. The van der Waals surface area contributed by atoms with Crippen molar-refractivity contribution in [3.63, 3.8) is 0 Å². The molecule has 0 bridgehead atoms. The Kier molecular flexibility index (Phi) is 5.94. The van der Waals surface area contributed by atoms with Crippen molar-refractivity contribution in [2.45, 2.75) is 19.9 Å². The summed E-state index contributed by atoms with van der Waals surface area (Å²) in [4.78, 5) is 6.58. The quantitative estimate of drug-likeness (QED) is 0.728. The minimum atomic E-state index is 0.718. The highest BCUT2D eigenvalue weighted by Crippen LogP contribution is 2.12. The maximum Gasteiger partial charge on any atom is 0.213 e. The van der Waals surface area contributed by atoms with Crippen LogP contribution in [0.3, 0.4) is 0 Å². The first-order valence-corrected chi connectivity index (χ1v) is 6.02. The molecule has 1 N–H and O–H groups in total. The fourth-order valence-corrected chi connectivity index (χ4v) is 1.58. The Morgan fingerprint density at radius 2 is 2.12 bits per heavy atom. The lowest BCUT2D eigenvalue weighted by Gasteiger charge is -2.11. The second kappa shape index (κ2) is 7.25. The molecule has 0 saturated carbocycles. The number of aryl methyl sites for hydroxylation is 1. The third kappa shape index (κ3) is 5.15. The second-order valence-corrected chi connectivity index (χ2v) is 4.43. The van der Waals surface area contributed by atoms with Crippen LogP contribution in [0.2, 0.25) is 0 Å². The van der Waals surface area contributed by atoms with Gasteiger partial charge in [0.2, 0.25) is 5.88 Å². The molecule has 17 heavy (non-hydrogen) atoms. The molecule has 1 heterocycles. The van der Waals surface area contributed by atoms with E-state index >= 15 is 0 Å². The molecule has 0 aliphatic heterocycles. The van der Waals surface area contributed by atoms with Crippen molar-refractivity contribution in [1.82, 2.24) is 15.2 Å². The van der Waals surface area contributed by atoms with E-state index in [9.17, 15) is 0 Å². The number of hydrogen-bond acceptors (Lipinski definition) is 4. The topological polar surface area (TPSA) is 37.4 Å². The fourth-order valence-electron chi connectivity index (χ4n) is 1.58. The summed E-state index contributed by atoms with van der Waals surface area (Å²) in [5.41, 5.74) is 2.25. The third-order valence-corrected chi connectivity index (χ3v) is 2.54. The number of rotatable bonds is 7. The molecule has 0 saturated heterocycles. The predicted octanol–water partition coefficient (Wildman–Crippen LogP) is 1.44. The van der Waals surface area contributed by atoms with E-state index in [1.807, 2.05) is 20.0 Å². The van der Waals surface area contributed by atoms with Gasteiger partial charge in [0.1, 0.15) is 0 Å². The van der Waals surface area contributed by atoms with Gasteiger partial charge >= 0.3 is 0 Å². The first kappa shape index (κ1) is 13.9. The Bertz CT molecular complexity index is 339. The van der Waals surface area contributed by atoms with Crippen molar-refractivity contribution < 1.29 is 4.74 Å². The van der Waals surface area contributed by atoms with Gasteiger partial charge in [-0.2, -0.15) is 0 Å². The zero-order chi connectivity index (χ0) is 12.7. The standard InChI is InChI=1S/C13H23N3O/c1-11-12(10-14-2)6-7-13(15-11)17-9-5-8-16(3)4/h6-7,14H,5,8-10H2,1-4H3. The lowest BCUT2D eigenvalue weighted by atomic mass is 10.2. The highest BCUT2D eigenvalue weighted by atomic mass is 16.5. The highest BCUT2D eigenvalue weighted by Gasteiger charge is 2.01. The molecule has 0 aliphatic carbocycles. The van der Waals surface area contributed by atoms with Gasteiger partial charge < -0.3 is 15.0 Å². The molecule has 4 nitrogen and oxygen atoms in total. The molecule has 0 aromatic carbocycles. The SMILES string of the molecule is CNCc1ccc(OCCCN(C)C)nc1C. The number of hydrogen-bond donors (Lipinski definition) is 1. The normalized spacial score (nSPS) is 10.9. The van der Waals surface area contributed by atoms with Crippen LogP contribution in [-0.4, -0.2) is 44.2 Å². The highest BCUT2D eigenvalue weighted by molar-refractivity contribution is 5.24. The number of pyridine rings is 1. The minimum Gasteiger partial charge on any atom is -0.478 e. The Balaban J connectivity index is 2.41. The van der Waals surface area contributed by atoms with Crippen LogP contribution in [0.25, 0.3) is 0 Å². The van der Waals surface area contributed by atoms with Crippen LogP contribution in [-0.2, 0) is 6.54 Å². The molecule has 0 aliphatic rings. The number of aromatic nitrogens is 1. The van der Waals surface area contributed by atoms with Gasteiger partial charge in [0, 0.05) is 24.8 Å². The van der Waals surface area contributed by atoms with Crippen molar-refractivity contribution in [2.75, 3.05) is 34.3 Å². The van der Waals surface area contributed by atoms with E-state index in [0.29, 0.717) is 0 Å².